The van der Waals surface area contributed by atoms with Gasteiger partial charge in [0.05, 0.1) is 16.7 Å². The van der Waals surface area contributed by atoms with Crippen LogP contribution in [0.4, 0.5) is 17.1 Å². The minimum Gasteiger partial charge on any atom is -0.310 e. The van der Waals surface area contributed by atoms with E-state index in [-0.39, 0.29) is 0 Å². The molecule has 7 aromatic carbocycles. The quantitative estimate of drug-likeness (QED) is 0.198. The van der Waals surface area contributed by atoms with E-state index in [0.717, 1.165) is 27.2 Å². The van der Waals surface area contributed by atoms with E-state index in [1.165, 1.54) is 43.4 Å². The van der Waals surface area contributed by atoms with E-state index in [0.29, 0.717) is 0 Å². The molecule has 0 saturated heterocycles. The summed E-state index contributed by atoms with van der Waals surface area (Å²) >= 11 is 3.89. The Labute approximate surface area is 246 Å². The van der Waals surface area contributed by atoms with Crippen LogP contribution in [0.1, 0.15) is 0 Å². The Morgan fingerprint density at radius 3 is 1.80 bits per heavy atom. The van der Waals surface area contributed by atoms with Gasteiger partial charge in [-0.15, -0.1) is 0 Å². The first-order chi connectivity index (χ1) is 20.2. The lowest BCUT2D eigenvalue weighted by molar-refractivity contribution is 1.17. The van der Waals surface area contributed by atoms with Crippen LogP contribution in [-0.2, 0) is 0 Å². The molecule has 194 valence electrons. The molecule has 0 fully saturated rings. The third-order valence-corrected chi connectivity index (χ3v) is 8.42. The third-order valence-electron chi connectivity index (χ3n) is 7.96. The van der Waals surface area contributed by atoms with Crippen LogP contribution in [0.3, 0.4) is 0 Å². The number of aromatic nitrogens is 1. The fourth-order valence-corrected chi connectivity index (χ4v) is 6.63. The number of hydrogen-bond acceptors (Lipinski definition) is 1. The van der Waals surface area contributed by atoms with E-state index in [1.807, 2.05) is 0 Å². The van der Waals surface area contributed by atoms with Crippen molar-refractivity contribution in [1.29, 1.82) is 0 Å². The molecule has 0 bridgehead atoms. The molecule has 0 N–H and O–H groups in total. The minimum absolute atomic E-state index is 1.03. The highest BCUT2D eigenvalue weighted by Crippen LogP contribution is 2.42. The number of benzene rings is 7. The smallest absolute Gasteiger partial charge is 0.0541 e. The molecule has 0 radical (unpaired) electrons. The molecule has 1 heterocycles. The molecule has 0 atom stereocenters. The summed E-state index contributed by atoms with van der Waals surface area (Å²) in [5, 5.41) is 7.38. The van der Waals surface area contributed by atoms with Crippen LogP contribution in [0.5, 0.6) is 0 Å². The van der Waals surface area contributed by atoms with E-state index >= 15 is 0 Å². The standard InChI is InChI=1S/C38H25BrN2/c39-29-23-31(25-32(24-29)41-37-17-7-5-15-34(37)35-16-6-8-18-38(35)41)40(30-21-20-26-10-1-2-12-28(26)22-30)36-19-9-13-27-11-3-4-14-33(27)36/h1-25H. The summed E-state index contributed by atoms with van der Waals surface area (Å²) in [5.74, 6) is 0. The summed E-state index contributed by atoms with van der Waals surface area (Å²) in [6, 6.07) is 54.5. The van der Waals surface area contributed by atoms with Crippen LogP contribution in [0.25, 0.3) is 49.0 Å². The summed E-state index contributed by atoms with van der Waals surface area (Å²) in [4.78, 5) is 2.39. The van der Waals surface area contributed by atoms with Gasteiger partial charge in [0, 0.05) is 37.7 Å². The van der Waals surface area contributed by atoms with E-state index < -0.39 is 0 Å². The largest absolute Gasteiger partial charge is 0.310 e. The van der Waals surface area contributed by atoms with Gasteiger partial charge in [0.1, 0.15) is 0 Å². The summed E-state index contributed by atoms with van der Waals surface area (Å²) < 4.78 is 3.40. The predicted octanol–water partition coefficient (Wildman–Crippen LogP) is 11.3. The molecule has 0 spiro atoms. The lowest BCUT2D eigenvalue weighted by atomic mass is 10.0. The number of para-hydroxylation sites is 2. The van der Waals surface area contributed by atoms with Crippen LogP contribution in [0.2, 0.25) is 0 Å². The van der Waals surface area contributed by atoms with Crippen LogP contribution < -0.4 is 4.90 Å². The fraction of sp³-hybridized carbons (Fsp3) is 0. The first-order valence-corrected chi connectivity index (χ1v) is 14.6. The number of rotatable bonds is 4. The molecule has 0 aliphatic rings. The molecule has 1 aromatic heterocycles. The van der Waals surface area contributed by atoms with Gasteiger partial charge in [-0.2, -0.15) is 0 Å². The first-order valence-electron chi connectivity index (χ1n) is 13.8. The van der Waals surface area contributed by atoms with Crippen molar-refractivity contribution in [3.63, 3.8) is 0 Å². The van der Waals surface area contributed by atoms with Gasteiger partial charge in [0.2, 0.25) is 0 Å². The maximum Gasteiger partial charge on any atom is 0.0541 e. The summed E-state index contributed by atoms with van der Waals surface area (Å²) in [6.45, 7) is 0. The number of halogens is 1. The Hall–Kier alpha value is -4.86. The minimum atomic E-state index is 1.03. The molecule has 0 aliphatic carbocycles. The summed E-state index contributed by atoms with van der Waals surface area (Å²) in [5.41, 5.74) is 6.84. The average molecular weight is 590 g/mol. The van der Waals surface area contributed by atoms with Crippen molar-refractivity contribution < 1.29 is 0 Å². The van der Waals surface area contributed by atoms with Gasteiger partial charge in [-0.05, 0) is 64.7 Å². The number of hydrogen-bond donors (Lipinski definition) is 0. The molecule has 41 heavy (non-hydrogen) atoms. The first kappa shape index (κ1) is 24.0. The zero-order valence-corrected chi connectivity index (χ0v) is 23.8. The van der Waals surface area contributed by atoms with E-state index in [1.54, 1.807) is 0 Å². The van der Waals surface area contributed by atoms with Crippen molar-refractivity contribution in [2.75, 3.05) is 4.90 Å². The van der Waals surface area contributed by atoms with Crippen LogP contribution in [0.15, 0.2) is 156 Å². The highest BCUT2D eigenvalue weighted by atomic mass is 79.9. The molecular weight excluding hydrogens is 564 g/mol. The van der Waals surface area contributed by atoms with E-state index in [4.69, 9.17) is 0 Å². The van der Waals surface area contributed by atoms with Crippen molar-refractivity contribution >= 4 is 76.3 Å². The fourth-order valence-electron chi connectivity index (χ4n) is 6.16. The van der Waals surface area contributed by atoms with Gasteiger partial charge in [0.15, 0.2) is 0 Å². The van der Waals surface area contributed by atoms with Crippen molar-refractivity contribution in [1.82, 2.24) is 4.57 Å². The molecule has 8 aromatic rings. The van der Waals surface area contributed by atoms with E-state index in [9.17, 15) is 0 Å². The average Bonchev–Trinajstić information content (AvgIpc) is 3.36. The summed E-state index contributed by atoms with van der Waals surface area (Å²) in [6.07, 6.45) is 0. The van der Waals surface area contributed by atoms with Gasteiger partial charge < -0.3 is 9.47 Å². The van der Waals surface area contributed by atoms with Gasteiger partial charge in [-0.3, -0.25) is 0 Å². The SMILES string of the molecule is Brc1cc(N(c2ccc3ccccc3c2)c2cccc3ccccc23)cc(-n2c3ccccc3c3ccccc32)c1. The Balaban J connectivity index is 1.42. The highest BCUT2D eigenvalue weighted by molar-refractivity contribution is 9.10. The second-order valence-corrected chi connectivity index (χ2v) is 11.3. The number of anilines is 3. The summed E-state index contributed by atoms with van der Waals surface area (Å²) in [7, 11) is 0. The zero-order chi connectivity index (χ0) is 27.3. The van der Waals surface area contributed by atoms with Crippen LogP contribution >= 0.6 is 15.9 Å². The Morgan fingerprint density at radius 2 is 1.05 bits per heavy atom. The van der Waals surface area contributed by atoms with Crippen molar-refractivity contribution in [2.45, 2.75) is 0 Å². The second-order valence-electron chi connectivity index (χ2n) is 10.4. The normalized spacial score (nSPS) is 11.5. The molecule has 0 aliphatic heterocycles. The lowest BCUT2D eigenvalue weighted by Gasteiger charge is -2.28. The molecule has 0 unspecified atom stereocenters. The van der Waals surface area contributed by atoms with Crippen molar-refractivity contribution in [2.24, 2.45) is 0 Å². The van der Waals surface area contributed by atoms with Gasteiger partial charge in [0.25, 0.3) is 0 Å². The van der Waals surface area contributed by atoms with Gasteiger partial charge >= 0.3 is 0 Å². The molecule has 0 amide bonds. The van der Waals surface area contributed by atoms with Crippen molar-refractivity contribution in [3.05, 3.63) is 156 Å². The molecule has 2 nitrogen and oxygen atoms in total. The van der Waals surface area contributed by atoms with Crippen LogP contribution in [-0.4, -0.2) is 4.57 Å². The second kappa shape index (κ2) is 9.65. The van der Waals surface area contributed by atoms with E-state index in [2.05, 4.69) is 177 Å². The third kappa shape index (κ3) is 4.01. The Morgan fingerprint density at radius 1 is 0.439 bits per heavy atom. The predicted molar refractivity (Wildman–Crippen MR) is 178 cm³/mol. The lowest BCUT2D eigenvalue weighted by Crippen LogP contribution is -2.11. The topological polar surface area (TPSA) is 8.17 Å². The monoisotopic (exact) mass is 588 g/mol. The molecule has 0 saturated carbocycles. The van der Waals surface area contributed by atoms with Gasteiger partial charge in [-0.25, -0.2) is 0 Å². The maximum absolute atomic E-state index is 3.89. The number of fused-ring (bicyclic) bond motifs is 5. The molecule has 3 heteroatoms. The van der Waals surface area contributed by atoms with Gasteiger partial charge in [-0.1, -0.05) is 119 Å². The Bertz CT molecular complexity index is 2190. The molecule has 8 rings (SSSR count). The molecular formula is C38H25BrN2. The van der Waals surface area contributed by atoms with Crippen LogP contribution in [0, 0.1) is 0 Å². The highest BCUT2D eigenvalue weighted by Gasteiger charge is 2.19. The maximum atomic E-state index is 3.89. The Kier molecular flexibility index (Phi) is 5.65. The number of nitrogens with zero attached hydrogens (tertiary/aromatic N) is 2. The van der Waals surface area contributed by atoms with Crippen molar-refractivity contribution in [3.8, 4) is 5.69 Å². The zero-order valence-electron chi connectivity index (χ0n) is 22.2.